The minimum absolute atomic E-state index is 0.318. The number of benzene rings is 2. The summed E-state index contributed by atoms with van der Waals surface area (Å²) in [6.45, 7) is 2.53. The Kier molecular flexibility index (Phi) is 3.06. The lowest BCUT2D eigenvalue weighted by Crippen LogP contribution is -2.05. The Labute approximate surface area is 117 Å². The highest BCUT2D eigenvalue weighted by molar-refractivity contribution is 5.75. The molecule has 20 heavy (non-hydrogen) atoms. The van der Waals surface area contributed by atoms with Crippen molar-refractivity contribution in [2.45, 2.75) is 13.5 Å². The van der Waals surface area contributed by atoms with Crippen LogP contribution in [0.2, 0.25) is 0 Å². The summed E-state index contributed by atoms with van der Waals surface area (Å²) in [4.78, 5) is 4.62. The predicted molar refractivity (Wildman–Crippen MR) is 80.9 cm³/mol. The van der Waals surface area contributed by atoms with E-state index < -0.39 is 0 Å². The molecule has 3 rings (SSSR count). The molecule has 102 valence electrons. The van der Waals surface area contributed by atoms with Gasteiger partial charge < -0.3 is 15.0 Å². The van der Waals surface area contributed by atoms with Crippen LogP contribution in [0.25, 0.3) is 11.0 Å². The summed E-state index contributed by atoms with van der Waals surface area (Å²) in [6.07, 6.45) is 0. The average Bonchev–Trinajstić information content (AvgIpc) is 2.77. The number of rotatable bonds is 3. The van der Waals surface area contributed by atoms with Crippen molar-refractivity contribution in [3.63, 3.8) is 0 Å². The van der Waals surface area contributed by atoms with Crippen molar-refractivity contribution in [1.82, 2.24) is 9.55 Å². The summed E-state index contributed by atoms with van der Waals surface area (Å²) in [7, 11) is 2.02. The highest BCUT2D eigenvalue weighted by atomic mass is 16.3. The van der Waals surface area contributed by atoms with E-state index in [0.717, 1.165) is 28.1 Å². The van der Waals surface area contributed by atoms with Crippen molar-refractivity contribution in [2.24, 2.45) is 7.05 Å². The number of fused-ring (bicyclic) bond motifs is 1. The van der Waals surface area contributed by atoms with Gasteiger partial charge in [-0.15, -0.1) is 0 Å². The molecule has 1 aromatic heterocycles. The first kappa shape index (κ1) is 12.5. The number of aromatic hydroxyl groups is 1. The first-order valence-electron chi connectivity index (χ1n) is 6.59. The SMILES string of the molecule is Cc1cc(NCc2nc3ccccc3n2C)ccc1O. The van der Waals surface area contributed by atoms with Gasteiger partial charge in [-0.1, -0.05) is 12.1 Å². The van der Waals surface area contributed by atoms with Gasteiger partial charge in [0.1, 0.15) is 11.6 Å². The monoisotopic (exact) mass is 267 g/mol. The van der Waals surface area contributed by atoms with E-state index in [0.29, 0.717) is 12.3 Å². The number of aromatic nitrogens is 2. The van der Waals surface area contributed by atoms with Gasteiger partial charge in [0.2, 0.25) is 0 Å². The summed E-state index contributed by atoms with van der Waals surface area (Å²) < 4.78 is 2.09. The maximum Gasteiger partial charge on any atom is 0.128 e. The third kappa shape index (κ3) is 2.20. The van der Waals surface area contributed by atoms with Crippen LogP contribution in [0.15, 0.2) is 42.5 Å². The van der Waals surface area contributed by atoms with Crippen LogP contribution in [0.3, 0.4) is 0 Å². The van der Waals surface area contributed by atoms with Gasteiger partial charge in [0.15, 0.2) is 0 Å². The van der Waals surface area contributed by atoms with E-state index in [1.165, 1.54) is 0 Å². The summed E-state index contributed by atoms with van der Waals surface area (Å²) in [5.74, 6) is 1.30. The lowest BCUT2D eigenvalue weighted by atomic mass is 10.2. The topological polar surface area (TPSA) is 50.1 Å². The molecular weight excluding hydrogens is 250 g/mol. The number of hydrogen-bond acceptors (Lipinski definition) is 3. The molecule has 3 aromatic rings. The van der Waals surface area contributed by atoms with Gasteiger partial charge in [-0.2, -0.15) is 0 Å². The number of hydrogen-bond donors (Lipinski definition) is 2. The Balaban J connectivity index is 1.83. The lowest BCUT2D eigenvalue weighted by Gasteiger charge is -2.08. The normalized spacial score (nSPS) is 10.9. The molecule has 0 spiro atoms. The van der Waals surface area contributed by atoms with Crippen LogP contribution in [0.5, 0.6) is 5.75 Å². The fourth-order valence-corrected chi connectivity index (χ4v) is 2.30. The Bertz CT molecular complexity index is 762. The molecule has 0 radical (unpaired) electrons. The third-order valence-electron chi connectivity index (χ3n) is 3.53. The highest BCUT2D eigenvalue weighted by Crippen LogP contribution is 2.21. The number of nitrogens with zero attached hydrogens (tertiary/aromatic N) is 2. The minimum atomic E-state index is 0.318. The first-order valence-corrected chi connectivity index (χ1v) is 6.59. The van der Waals surface area contributed by atoms with Gasteiger partial charge in [0.25, 0.3) is 0 Å². The first-order chi connectivity index (χ1) is 9.65. The molecule has 2 aromatic carbocycles. The van der Waals surface area contributed by atoms with Crippen molar-refractivity contribution < 1.29 is 5.11 Å². The summed E-state index contributed by atoms with van der Waals surface area (Å²) in [6, 6.07) is 13.6. The molecule has 4 heteroatoms. The van der Waals surface area contributed by atoms with Crippen LogP contribution in [0.4, 0.5) is 5.69 Å². The molecule has 0 fully saturated rings. The molecule has 0 saturated carbocycles. The van der Waals surface area contributed by atoms with Crippen molar-refractivity contribution in [1.29, 1.82) is 0 Å². The van der Waals surface area contributed by atoms with E-state index in [4.69, 9.17) is 0 Å². The maximum atomic E-state index is 9.52. The number of para-hydroxylation sites is 2. The zero-order valence-electron chi connectivity index (χ0n) is 11.6. The summed E-state index contributed by atoms with van der Waals surface area (Å²) in [5, 5.41) is 12.9. The minimum Gasteiger partial charge on any atom is -0.508 e. The predicted octanol–water partition coefficient (Wildman–Crippen LogP) is 3.20. The number of aryl methyl sites for hydroxylation is 2. The van der Waals surface area contributed by atoms with Crippen LogP contribution in [-0.4, -0.2) is 14.7 Å². The number of phenols is 1. The van der Waals surface area contributed by atoms with Gasteiger partial charge >= 0.3 is 0 Å². The quantitative estimate of drug-likeness (QED) is 0.716. The maximum absolute atomic E-state index is 9.52. The van der Waals surface area contributed by atoms with Crippen molar-refractivity contribution in [2.75, 3.05) is 5.32 Å². The molecule has 4 nitrogen and oxygen atoms in total. The van der Waals surface area contributed by atoms with E-state index >= 15 is 0 Å². The summed E-state index contributed by atoms with van der Waals surface area (Å²) in [5.41, 5.74) is 3.98. The van der Waals surface area contributed by atoms with Crippen LogP contribution < -0.4 is 5.32 Å². The van der Waals surface area contributed by atoms with Gasteiger partial charge in [-0.3, -0.25) is 0 Å². The van der Waals surface area contributed by atoms with Gasteiger partial charge in [-0.25, -0.2) is 4.98 Å². The Hall–Kier alpha value is -2.49. The second kappa shape index (κ2) is 4.89. The molecule has 0 amide bonds. The molecule has 0 bridgehead atoms. The molecule has 1 heterocycles. The number of nitrogens with one attached hydrogen (secondary N) is 1. The van der Waals surface area contributed by atoms with E-state index in [-0.39, 0.29) is 0 Å². The molecule has 0 saturated heterocycles. The van der Waals surface area contributed by atoms with Crippen LogP contribution in [0.1, 0.15) is 11.4 Å². The standard InChI is InChI=1S/C16H17N3O/c1-11-9-12(7-8-15(11)20)17-10-16-18-13-5-3-4-6-14(13)19(16)2/h3-9,17,20H,10H2,1-2H3. The Morgan fingerprint density at radius 3 is 2.75 bits per heavy atom. The Morgan fingerprint density at radius 2 is 2.00 bits per heavy atom. The van der Waals surface area contributed by atoms with Crippen LogP contribution >= 0.6 is 0 Å². The second-order valence-corrected chi connectivity index (χ2v) is 4.93. The number of imidazole rings is 1. The lowest BCUT2D eigenvalue weighted by molar-refractivity contribution is 0.471. The summed E-state index contributed by atoms with van der Waals surface area (Å²) >= 11 is 0. The fourth-order valence-electron chi connectivity index (χ4n) is 2.30. The fraction of sp³-hybridized carbons (Fsp3) is 0.188. The highest BCUT2D eigenvalue weighted by Gasteiger charge is 2.06. The van der Waals surface area contributed by atoms with E-state index in [9.17, 15) is 5.11 Å². The average molecular weight is 267 g/mol. The van der Waals surface area contributed by atoms with Gasteiger partial charge in [0, 0.05) is 12.7 Å². The van der Waals surface area contributed by atoms with Gasteiger partial charge in [0.05, 0.1) is 17.6 Å². The molecule has 0 atom stereocenters. The smallest absolute Gasteiger partial charge is 0.128 e. The van der Waals surface area contributed by atoms with Crippen LogP contribution in [-0.2, 0) is 13.6 Å². The van der Waals surface area contributed by atoms with Crippen molar-refractivity contribution in [3.8, 4) is 5.75 Å². The van der Waals surface area contributed by atoms with E-state index in [1.807, 2.05) is 44.3 Å². The van der Waals surface area contributed by atoms with Gasteiger partial charge in [-0.05, 0) is 42.8 Å². The van der Waals surface area contributed by atoms with Crippen molar-refractivity contribution >= 4 is 16.7 Å². The second-order valence-electron chi connectivity index (χ2n) is 4.93. The van der Waals surface area contributed by atoms with E-state index in [2.05, 4.69) is 20.9 Å². The number of anilines is 1. The zero-order chi connectivity index (χ0) is 14.1. The molecule has 2 N–H and O–H groups in total. The largest absolute Gasteiger partial charge is 0.508 e. The number of phenolic OH excluding ortho intramolecular Hbond substituents is 1. The molecule has 0 aliphatic heterocycles. The van der Waals surface area contributed by atoms with Crippen LogP contribution in [0, 0.1) is 6.92 Å². The Morgan fingerprint density at radius 1 is 1.20 bits per heavy atom. The molecule has 0 aliphatic carbocycles. The molecule has 0 aliphatic rings. The van der Waals surface area contributed by atoms with Crippen molar-refractivity contribution in [3.05, 3.63) is 53.9 Å². The molecule has 0 unspecified atom stereocenters. The zero-order valence-corrected chi connectivity index (χ0v) is 11.6. The molecular formula is C16H17N3O. The third-order valence-corrected chi connectivity index (χ3v) is 3.53. The van der Waals surface area contributed by atoms with E-state index in [1.54, 1.807) is 6.07 Å².